The third kappa shape index (κ3) is 3.61. The first-order chi connectivity index (χ1) is 10.1. The molecule has 1 aromatic rings. The second-order valence-electron chi connectivity index (χ2n) is 5.85. The standard InChI is InChI=1S/C15H24N2O4/c1-4-6-12(20-5-2)13-16-14(21-17-13)10-7-9(3)8-11(10)15(18)19/h9-12H,4-8H2,1-3H3,(H,18,19). The molecule has 0 amide bonds. The lowest BCUT2D eigenvalue weighted by atomic mass is 9.96. The number of carboxylic acids is 1. The third-order valence-corrected chi connectivity index (χ3v) is 4.10. The summed E-state index contributed by atoms with van der Waals surface area (Å²) in [6.07, 6.45) is 3.08. The lowest BCUT2D eigenvalue weighted by molar-refractivity contribution is -0.142. The minimum absolute atomic E-state index is 0.167. The van der Waals surface area contributed by atoms with Crippen molar-refractivity contribution in [1.29, 1.82) is 0 Å². The van der Waals surface area contributed by atoms with E-state index < -0.39 is 11.9 Å². The summed E-state index contributed by atoms with van der Waals surface area (Å²) in [6.45, 7) is 6.66. The molecule has 1 aromatic heterocycles. The smallest absolute Gasteiger partial charge is 0.307 e. The van der Waals surface area contributed by atoms with Gasteiger partial charge in [-0.3, -0.25) is 4.79 Å². The van der Waals surface area contributed by atoms with E-state index in [1.807, 2.05) is 6.92 Å². The second-order valence-corrected chi connectivity index (χ2v) is 5.85. The van der Waals surface area contributed by atoms with Crippen LogP contribution in [0.3, 0.4) is 0 Å². The van der Waals surface area contributed by atoms with Gasteiger partial charge < -0.3 is 14.4 Å². The molecule has 6 nitrogen and oxygen atoms in total. The van der Waals surface area contributed by atoms with Crippen LogP contribution in [0.1, 0.15) is 70.2 Å². The van der Waals surface area contributed by atoms with Gasteiger partial charge in [0.05, 0.1) is 11.8 Å². The molecule has 2 rings (SSSR count). The van der Waals surface area contributed by atoms with Crippen molar-refractivity contribution in [3.8, 4) is 0 Å². The van der Waals surface area contributed by atoms with Crippen LogP contribution in [0.2, 0.25) is 0 Å². The van der Waals surface area contributed by atoms with Gasteiger partial charge in [0.1, 0.15) is 6.10 Å². The van der Waals surface area contributed by atoms with Crippen LogP contribution >= 0.6 is 0 Å². The SMILES string of the molecule is CCCC(OCC)c1noc(C2CC(C)CC2C(=O)O)n1. The number of hydrogen-bond donors (Lipinski definition) is 1. The first kappa shape index (κ1) is 15.9. The Morgan fingerprint density at radius 2 is 2.24 bits per heavy atom. The Labute approximate surface area is 124 Å². The zero-order valence-electron chi connectivity index (χ0n) is 12.9. The normalized spacial score (nSPS) is 26.9. The number of carboxylic acid groups (broad SMARTS) is 1. The largest absolute Gasteiger partial charge is 0.481 e. The van der Waals surface area contributed by atoms with Gasteiger partial charge in [-0.15, -0.1) is 0 Å². The first-order valence-electron chi connectivity index (χ1n) is 7.74. The monoisotopic (exact) mass is 296 g/mol. The molecule has 6 heteroatoms. The summed E-state index contributed by atoms with van der Waals surface area (Å²) in [5.41, 5.74) is 0. The molecule has 0 radical (unpaired) electrons. The Kier molecular flexibility index (Phi) is 5.33. The van der Waals surface area contributed by atoms with Crippen molar-refractivity contribution in [1.82, 2.24) is 10.1 Å². The van der Waals surface area contributed by atoms with Gasteiger partial charge >= 0.3 is 5.97 Å². The highest BCUT2D eigenvalue weighted by Gasteiger charge is 2.41. The van der Waals surface area contributed by atoms with Crippen LogP contribution in [0.4, 0.5) is 0 Å². The van der Waals surface area contributed by atoms with E-state index in [2.05, 4.69) is 24.0 Å². The van der Waals surface area contributed by atoms with Crippen molar-refractivity contribution in [2.75, 3.05) is 6.61 Å². The number of aliphatic carboxylic acids is 1. The molecule has 1 heterocycles. The highest BCUT2D eigenvalue weighted by atomic mass is 16.5. The molecule has 0 aromatic carbocycles. The fourth-order valence-corrected chi connectivity index (χ4v) is 3.12. The molecule has 0 aliphatic heterocycles. The van der Waals surface area contributed by atoms with E-state index >= 15 is 0 Å². The predicted molar refractivity (Wildman–Crippen MR) is 75.8 cm³/mol. The van der Waals surface area contributed by atoms with Crippen LogP contribution in [-0.2, 0) is 9.53 Å². The summed E-state index contributed by atoms with van der Waals surface area (Å²) in [7, 11) is 0. The Bertz CT molecular complexity index is 468. The molecule has 4 atom stereocenters. The van der Waals surface area contributed by atoms with Gasteiger partial charge in [-0.25, -0.2) is 0 Å². The molecule has 0 saturated heterocycles. The number of hydrogen-bond acceptors (Lipinski definition) is 5. The molecular formula is C15H24N2O4. The summed E-state index contributed by atoms with van der Waals surface area (Å²) < 4.78 is 11.0. The number of nitrogens with zero attached hydrogens (tertiary/aromatic N) is 2. The zero-order valence-corrected chi connectivity index (χ0v) is 12.9. The van der Waals surface area contributed by atoms with Crippen molar-refractivity contribution >= 4 is 5.97 Å². The fourth-order valence-electron chi connectivity index (χ4n) is 3.12. The van der Waals surface area contributed by atoms with Crippen LogP contribution in [-0.4, -0.2) is 27.8 Å². The van der Waals surface area contributed by atoms with Gasteiger partial charge in [0.2, 0.25) is 11.7 Å². The number of carbonyl (C=O) groups is 1. The lowest BCUT2D eigenvalue weighted by Crippen LogP contribution is -2.17. The molecule has 118 valence electrons. The van der Waals surface area contributed by atoms with Gasteiger partial charge in [-0.2, -0.15) is 4.98 Å². The van der Waals surface area contributed by atoms with Crippen LogP contribution in [0, 0.1) is 11.8 Å². The summed E-state index contributed by atoms with van der Waals surface area (Å²) in [5, 5.41) is 13.3. The average Bonchev–Trinajstić information content (AvgIpc) is 3.04. The van der Waals surface area contributed by atoms with Gasteiger partial charge in [0, 0.05) is 6.61 Å². The van der Waals surface area contributed by atoms with Gasteiger partial charge in [0.25, 0.3) is 0 Å². The van der Waals surface area contributed by atoms with Gasteiger partial charge in [-0.05, 0) is 32.1 Å². The van der Waals surface area contributed by atoms with Crippen molar-refractivity contribution in [2.24, 2.45) is 11.8 Å². The third-order valence-electron chi connectivity index (χ3n) is 4.10. The zero-order chi connectivity index (χ0) is 15.4. The summed E-state index contributed by atoms with van der Waals surface area (Å²) in [5.74, 6) is -0.0311. The Balaban J connectivity index is 2.16. The quantitative estimate of drug-likeness (QED) is 0.831. The highest BCUT2D eigenvalue weighted by molar-refractivity contribution is 5.71. The molecule has 1 fully saturated rings. The molecule has 4 unspecified atom stereocenters. The maximum absolute atomic E-state index is 11.4. The van der Waals surface area contributed by atoms with Crippen molar-refractivity contribution < 1.29 is 19.2 Å². The molecule has 1 aliphatic rings. The van der Waals surface area contributed by atoms with Crippen LogP contribution in [0.15, 0.2) is 4.52 Å². The second kappa shape index (κ2) is 7.02. The summed E-state index contributed by atoms with van der Waals surface area (Å²) in [6, 6.07) is 0. The average molecular weight is 296 g/mol. The highest BCUT2D eigenvalue weighted by Crippen LogP contribution is 2.42. The molecule has 1 aliphatic carbocycles. The molecule has 0 spiro atoms. The van der Waals surface area contributed by atoms with Crippen LogP contribution in [0.5, 0.6) is 0 Å². The molecule has 1 saturated carbocycles. The maximum Gasteiger partial charge on any atom is 0.307 e. The number of rotatable bonds is 7. The minimum Gasteiger partial charge on any atom is -0.481 e. The van der Waals surface area contributed by atoms with Crippen molar-refractivity contribution in [3.63, 3.8) is 0 Å². The Morgan fingerprint density at radius 3 is 2.86 bits per heavy atom. The summed E-state index contributed by atoms with van der Waals surface area (Å²) in [4.78, 5) is 15.8. The van der Waals surface area contributed by atoms with E-state index in [-0.39, 0.29) is 12.0 Å². The Morgan fingerprint density at radius 1 is 1.48 bits per heavy atom. The van der Waals surface area contributed by atoms with E-state index in [9.17, 15) is 9.90 Å². The van der Waals surface area contributed by atoms with Crippen molar-refractivity contribution in [3.05, 3.63) is 11.7 Å². The van der Waals surface area contributed by atoms with Crippen molar-refractivity contribution in [2.45, 2.75) is 58.5 Å². The Hall–Kier alpha value is -1.43. The summed E-state index contributed by atoms with van der Waals surface area (Å²) >= 11 is 0. The fraction of sp³-hybridized carbons (Fsp3) is 0.800. The first-order valence-corrected chi connectivity index (χ1v) is 7.74. The van der Waals surface area contributed by atoms with Crippen LogP contribution < -0.4 is 0 Å². The van der Waals surface area contributed by atoms with E-state index in [0.29, 0.717) is 30.7 Å². The minimum atomic E-state index is -0.779. The van der Waals surface area contributed by atoms with Gasteiger partial charge in [-0.1, -0.05) is 25.4 Å². The van der Waals surface area contributed by atoms with E-state index in [0.717, 1.165) is 19.3 Å². The topological polar surface area (TPSA) is 85.5 Å². The molecular weight excluding hydrogens is 272 g/mol. The molecule has 1 N–H and O–H groups in total. The number of aromatic nitrogens is 2. The maximum atomic E-state index is 11.4. The lowest BCUT2D eigenvalue weighted by Gasteiger charge is -2.12. The van der Waals surface area contributed by atoms with Crippen LogP contribution in [0.25, 0.3) is 0 Å². The van der Waals surface area contributed by atoms with Gasteiger partial charge in [0.15, 0.2) is 0 Å². The molecule has 21 heavy (non-hydrogen) atoms. The number of ether oxygens (including phenoxy) is 1. The predicted octanol–water partition coefficient (Wildman–Crippen LogP) is 3.16. The van der Waals surface area contributed by atoms with E-state index in [1.54, 1.807) is 0 Å². The van der Waals surface area contributed by atoms with E-state index in [4.69, 9.17) is 9.26 Å². The van der Waals surface area contributed by atoms with E-state index in [1.165, 1.54) is 0 Å². The molecule has 0 bridgehead atoms.